The van der Waals surface area contributed by atoms with E-state index in [2.05, 4.69) is 5.43 Å². The van der Waals surface area contributed by atoms with Crippen LogP contribution >= 0.6 is 11.3 Å². The van der Waals surface area contributed by atoms with Crippen LogP contribution in [0.4, 0.5) is 0 Å². The average molecular weight is 564 g/mol. The minimum absolute atomic E-state index is 0.294. The van der Waals surface area contributed by atoms with Crippen molar-refractivity contribution in [3.8, 4) is 0 Å². The fraction of sp³-hybridized carbons (Fsp3) is 0.387. The van der Waals surface area contributed by atoms with Crippen LogP contribution in [0.25, 0.3) is 10.8 Å². The maximum atomic E-state index is 14.1. The van der Waals surface area contributed by atoms with Gasteiger partial charge in [-0.05, 0) is 54.1 Å². The Morgan fingerprint density at radius 1 is 0.925 bits per heavy atom. The molecule has 9 heteroatoms. The van der Waals surface area contributed by atoms with Crippen molar-refractivity contribution in [3.63, 3.8) is 0 Å². The Bertz CT molecular complexity index is 1330. The Morgan fingerprint density at radius 3 is 2.25 bits per heavy atom. The van der Waals surface area contributed by atoms with Crippen molar-refractivity contribution in [1.82, 2.24) is 20.2 Å². The van der Waals surface area contributed by atoms with Crippen LogP contribution in [0.15, 0.2) is 72.1 Å². The number of carbonyl (C=O) groups is 3. The first kappa shape index (κ1) is 31.0. The lowest BCUT2D eigenvalue weighted by atomic mass is 9.99. The van der Waals surface area contributed by atoms with Crippen molar-refractivity contribution in [2.75, 3.05) is 28.2 Å². The number of benzene rings is 2. The molecule has 2 aromatic carbocycles. The molecule has 0 unspecified atom stereocenters. The summed E-state index contributed by atoms with van der Waals surface area (Å²) in [7, 11) is 6.72. The van der Waals surface area contributed by atoms with Gasteiger partial charge in [0.25, 0.3) is 5.91 Å². The molecular weight excluding hydrogens is 522 g/mol. The molecule has 3 amide bonds. The second kappa shape index (κ2) is 13.7. The van der Waals surface area contributed by atoms with E-state index in [-0.39, 0.29) is 17.7 Å². The zero-order valence-electron chi connectivity index (χ0n) is 24.3. The van der Waals surface area contributed by atoms with Gasteiger partial charge in [0, 0.05) is 51.4 Å². The van der Waals surface area contributed by atoms with E-state index in [1.807, 2.05) is 73.8 Å². The van der Waals surface area contributed by atoms with Crippen molar-refractivity contribution in [1.29, 1.82) is 0 Å². The third kappa shape index (κ3) is 8.74. The van der Waals surface area contributed by atoms with Gasteiger partial charge in [0.2, 0.25) is 11.8 Å². The number of hydrazine groups is 1. The Morgan fingerprint density at radius 2 is 1.62 bits per heavy atom. The fourth-order valence-electron chi connectivity index (χ4n) is 4.42. The Kier molecular flexibility index (Phi) is 10.6. The number of amides is 3. The molecule has 0 saturated carbocycles. The number of nitrogens with zero attached hydrogens (tertiary/aromatic N) is 3. The van der Waals surface area contributed by atoms with Crippen LogP contribution in [0, 0.1) is 0 Å². The van der Waals surface area contributed by atoms with Crippen LogP contribution in [-0.4, -0.2) is 78.3 Å². The monoisotopic (exact) mass is 563 g/mol. The topological polar surface area (TPSA) is 99.0 Å². The summed E-state index contributed by atoms with van der Waals surface area (Å²) in [5.74, 6) is -0.908. The highest BCUT2D eigenvalue weighted by Crippen LogP contribution is 2.21. The molecule has 0 radical (unpaired) electrons. The van der Waals surface area contributed by atoms with E-state index in [1.165, 1.54) is 27.2 Å². The molecule has 3 aromatic rings. The third-order valence-electron chi connectivity index (χ3n) is 6.67. The molecule has 1 aromatic heterocycles. The molecule has 0 bridgehead atoms. The average Bonchev–Trinajstić information content (AvgIpc) is 3.41. The minimum Gasteiger partial charge on any atom is -0.332 e. The van der Waals surface area contributed by atoms with E-state index in [9.17, 15) is 14.4 Å². The lowest BCUT2D eigenvalue weighted by molar-refractivity contribution is -0.147. The van der Waals surface area contributed by atoms with Crippen molar-refractivity contribution in [2.24, 2.45) is 5.73 Å². The molecule has 0 aliphatic heterocycles. The second-order valence-electron chi connectivity index (χ2n) is 11.1. The number of thiophene rings is 1. The first-order valence-corrected chi connectivity index (χ1v) is 14.2. The largest absolute Gasteiger partial charge is 0.332 e. The van der Waals surface area contributed by atoms with E-state index in [0.29, 0.717) is 19.3 Å². The summed E-state index contributed by atoms with van der Waals surface area (Å²) in [6.45, 7) is 3.78. The standard InChI is InChI=1S/C31H41N5O3S/c1-31(2,32)17-9-14-28(37)35(5)27(20-22-15-16-23-11-7-8-12-24(23)19-22)30(39)36(6)26(29(38)33-34(3)4)21-25-13-10-18-40-25/h7-16,18-19,26-27H,17,20-21,32H2,1-6H3,(H,33,38)/b14-9-/t26-,27-/m1/s1. The number of rotatable bonds is 12. The number of carbonyl (C=O) groups excluding carboxylic acids is 3. The summed E-state index contributed by atoms with van der Waals surface area (Å²) >= 11 is 1.54. The molecule has 0 fully saturated rings. The van der Waals surface area contributed by atoms with Gasteiger partial charge >= 0.3 is 0 Å². The quantitative estimate of drug-likeness (QED) is 0.259. The van der Waals surface area contributed by atoms with Crippen LogP contribution in [0.5, 0.6) is 0 Å². The lowest BCUT2D eigenvalue weighted by Crippen LogP contribution is -2.57. The molecule has 3 rings (SSSR count). The normalized spacial score (nSPS) is 13.4. The molecular formula is C31H41N5O3S. The first-order chi connectivity index (χ1) is 18.9. The van der Waals surface area contributed by atoms with E-state index in [1.54, 1.807) is 39.3 Å². The van der Waals surface area contributed by atoms with Gasteiger partial charge in [0.15, 0.2) is 0 Å². The molecule has 0 saturated heterocycles. The highest BCUT2D eigenvalue weighted by molar-refractivity contribution is 7.09. The van der Waals surface area contributed by atoms with Gasteiger partial charge in [-0.25, -0.2) is 5.01 Å². The van der Waals surface area contributed by atoms with Gasteiger partial charge in [-0.2, -0.15) is 0 Å². The Hall–Kier alpha value is -3.53. The predicted octanol–water partition coefficient (Wildman–Crippen LogP) is 3.62. The van der Waals surface area contributed by atoms with Gasteiger partial charge in [0.1, 0.15) is 12.1 Å². The number of hydrogen-bond donors (Lipinski definition) is 2. The number of hydrogen-bond acceptors (Lipinski definition) is 6. The summed E-state index contributed by atoms with van der Waals surface area (Å²) in [6, 6.07) is 16.3. The first-order valence-electron chi connectivity index (χ1n) is 13.3. The zero-order valence-corrected chi connectivity index (χ0v) is 25.1. The zero-order chi connectivity index (χ0) is 29.4. The molecule has 3 N–H and O–H groups in total. The SMILES string of the molecule is CN(C)NC(=O)[C@@H](Cc1cccs1)N(C)C(=O)[C@@H](Cc1ccc2ccccc2c1)N(C)C(=O)/C=C\CC(C)(C)N. The highest BCUT2D eigenvalue weighted by atomic mass is 32.1. The molecule has 0 aliphatic carbocycles. The van der Waals surface area contributed by atoms with E-state index in [4.69, 9.17) is 5.73 Å². The van der Waals surface area contributed by atoms with Gasteiger partial charge in [-0.3, -0.25) is 19.8 Å². The number of fused-ring (bicyclic) bond motifs is 1. The van der Waals surface area contributed by atoms with E-state index >= 15 is 0 Å². The summed E-state index contributed by atoms with van der Waals surface area (Å²) in [6.07, 6.45) is 4.39. The van der Waals surface area contributed by atoms with E-state index in [0.717, 1.165) is 21.2 Å². The smallest absolute Gasteiger partial charge is 0.257 e. The summed E-state index contributed by atoms with van der Waals surface area (Å²) in [5.41, 5.74) is 9.33. The molecule has 214 valence electrons. The van der Waals surface area contributed by atoms with Crippen LogP contribution in [0.3, 0.4) is 0 Å². The third-order valence-corrected chi connectivity index (χ3v) is 7.57. The summed E-state index contributed by atoms with van der Waals surface area (Å²) in [5, 5.41) is 5.66. The molecule has 40 heavy (non-hydrogen) atoms. The Labute approximate surface area is 241 Å². The van der Waals surface area contributed by atoms with Crippen molar-refractivity contribution >= 4 is 39.8 Å². The van der Waals surface area contributed by atoms with Crippen molar-refractivity contribution in [3.05, 3.63) is 82.6 Å². The maximum absolute atomic E-state index is 14.1. The maximum Gasteiger partial charge on any atom is 0.257 e. The molecule has 1 heterocycles. The van der Waals surface area contributed by atoms with Crippen molar-refractivity contribution in [2.45, 2.75) is 50.7 Å². The lowest BCUT2D eigenvalue weighted by Gasteiger charge is -2.34. The summed E-state index contributed by atoms with van der Waals surface area (Å²) < 4.78 is 0. The van der Waals surface area contributed by atoms with Gasteiger partial charge in [-0.15, -0.1) is 11.3 Å². The van der Waals surface area contributed by atoms with Crippen LogP contribution in [0.1, 0.15) is 30.7 Å². The minimum atomic E-state index is -0.827. The molecule has 8 nitrogen and oxygen atoms in total. The number of nitrogens with two attached hydrogens (primary N) is 1. The van der Waals surface area contributed by atoms with Crippen LogP contribution < -0.4 is 11.2 Å². The second-order valence-corrected chi connectivity index (χ2v) is 12.1. The van der Waals surface area contributed by atoms with Crippen LogP contribution in [0.2, 0.25) is 0 Å². The Balaban J connectivity index is 1.94. The van der Waals surface area contributed by atoms with Gasteiger partial charge < -0.3 is 15.5 Å². The van der Waals surface area contributed by atoms with Crippen LogP contribution in [-0.2, 0) is 27.2 Å². The van der Waals surface area contributed by atoms with Gasteiger partial charge in [0.05, 0.1) is 0 Å². The van der Waals surface area contributed by atoms with E-state index < -0.39 is 17.6 Å². The molecule has 0 aliphatic rings. The number of nitrogens with one attached hydrogen (secondary N) is 1. The highest BCUT2D eigenvalue weighted by Gasteiger charge is 2.35. The molecule has 2 atom stereocenters. The molecule has 0 spiro atoms. The summed E-state index contributed by atoms with van der Waals surface area (Å²) in [4.78, 5) is 44.6. The van der Waals surface area contributed by atoms with Crippen molar-refractivity contribution < 1.29 is 14.4 Å². The number of likely N-dealkylation sites (N-methyl/N-ethyl adjacent to an activating group) is 2. The predicted molar refractivity (Wildman–Crippen MR) is 163 cm³/mol. The van der Waals surface area contributed by atoms with Gasteiger partial charge in [-0.1, -0.05) is 54.6 Å². The fourth-order valence-corrected chi connectivity index (χ4v) is 5.17.